The van der Waals surface area contributed by atoms with E-state index in [1.807, 2.05) is 42.5 Å². The summed E-state index contributed by atoms with van der Waals surface area (Å²) in [5.74, 6) is -0.176. The van der Waals surface area contributed by atoms with Crippen LogP contribution in [0.25, 0.3) is 10.8 Å². The normalized spacial score (nSPS) is 10.5. The van der Waals surface area contributed by atoms with Crippen molar-refractivity contribution in [1.29, 1.82) is 0 Å². The van der Waals surface area contributed by atoms with E-state index >= 15 is 0 Å². The molecule has 0 saturated heterocycles. The Labute approximate surface area is 154 Å². The van der Waals surface area contributed by atoms with Gasteiger partial charge in [-0.2, -0.15) is 0 Å². The quantitative estimate of drug-likeness (QED) is 0.641. The van der Waals surface area contributed by atoms with Gasteiger partial charge in [0.15, 0.2) is 12.4 Å². The minimum atomic E-state index is -0.344. The van der Waals surface area contributed by atoms with E-state index in [2.05, 4.69) is 5.32 Å². The molecule has 0 unspecified atom stereocenters. The van der Waals surface area contributed by atoms with Gasteiger partial charge in [0.05, 0.1) is 10.0 Å². The summed E-state index contributed by atoms with van der Waals surface area (Å²) in [6.07, 6.45) is 0.634. The van der Waals surface area contributed by atoms with Gasteiger partial charge in [-0.05, 0) is 23.6 Å². The van der Waals surface area contributed by atoms with Crippen molar-refractivity contribution in [2.75, 3.05) is 11.9 Å². The number of fused-ring (bicyclic) bond motifs is 1. The standard InChI is InChI=1S/C19H13Cl2NO3/c20-15-8-12(10-23)9-16(21)19(15)25-11-18(24)22-17-7-3-5-13-4-1-2-6-14(13)17/h1-10H,11H2,(H,22,24). The second-order valence-corrected chi connectivity index (χ2v) is 6.11. The van der Waals surface area contributed by atoms with Crippen molar-refractivity contribution in [3.05, 3.63) is 70.2 Å². The number of halogens is 2. The Morgan fingerprint density at radius 1 is 1.04 bits per heavy atom. The lowest BCUT2D eigenvalue weighted by Crippen LogP contribution is -2.20. The molecule has 6 heteroatoms. The van der Waals surface area contributed by atoms with E-state index in [9.17, 15) is 9.59 Å². The fraction of sp³-hybridized carbons (Fsp3) is 0.0526. The number of hydrogen-bond donors (Lipinski definition) is 1. The van der Waals surface area contributed by atoms with Gasteiger partial charge in [0.2, 0.25) is 0 Å². The van der Waals surface area contributed by atoms with Crippen molar-refractivity contribution in [3.63, 3.8) is 0 Å². The molecule has 0 radical (unpaired) electrons. The molecule has 0 aliphatic carbocycles. The summed E-state index contributed by atoms with van der Waals surface area (Å²) in [4.78, 5) is 23.0. The third-order valence-corrected chi connectivity index (χ3v) is 4.13. The van der Waals surface area contributed by atoms with Crippen molar-refractivity contribution in [2.24, 2.45) is 0 Å². The van der Waals surface area contributed by atoms with E-state index in [0.717, 1.165) is 10.8 Å². The minimum absolute atomic E-state index is 0.169. The molecular weight excluding hydrogens is 361 g/mol. The molecule has 25 heavy (non-hydrogen) atoms. The van der Waals surface area contributed by atoms with Gasteiger partial charge in [0.1, 0.15) is 6.29 Å². The number of hydrogen-bond acceptors (Lipinski definition) is 3. The van der Waals surface area contributed by atoms with Gasteiger partial charge in [-0.3, -0.25) is 9.59 Å². The first-order valence-corrected chi connectivity index (χ1v) is 8.18. The Bertz CT molecular complexity index is 928. The van der Waals surface area contributed by atoms with Crippen LogP contribution in [0.3, 0.4) is 0 Å². The largest absolute Gasteiger partial charge is 0.481 e. The van der Waals surface area contributed by atoms with Crippen LogP contribution in [0.4, 0.5) is 5.69 Å². The van der Waals surface area contributed by atoms with Crippen molar-refractivity contribution in [3.8, 4) is 5.75 Å². The summed E-state index contributed by atoms with van der Waals surface area (Å²) in [5.41, 5.74) is 1.03. The van der Waals surface area contributed by atoms with Crippen molar-refractivity contribution in [2.45, 2.75) is 0 Å². The van der Waals surface area contributed by atoms with E-state index in [-0.39, 0.29) is 28.3 Å². The number of aldehydes is 1. The molecule has 3 aromatic carbocycles. The highest BCUT2D eigenvalue weighted by Gasteiger charge is 2.12. The molecule has 0 aliphatic rings. The summed E-state index contributed by atoms with van der Waals surface area (Å²) in [5, 5.41) is 5.12. The van der Waals surface area contributed by atoms with Gasteiger partial charge in [-0.25, -0.2) is 0 Å². The number of anilines is 1. The first-order valence-electron chi connectivity index (χ1n) is 7.43. The summed E-state index contributed by atoms with van der Waals surface area (Å²) in [6, 6.07) is 16.2. The third-order valence-electron chi connectivity index (χ3n) is 3.57. The zero-order chi connectivity index (χ0) is 17.8. The second-order valence-electron chi connectivity index (χ2n) is 5.30. The van der Waals surface area contributed by atoms with Gasteiger partial charge >= 0.3 is 0 Å². The Morgan fingerprint density at radius 2 is 1.72 bits per heavy atom. The molecule has 1 amide bonds. The second kappa shape index (κ2) is 7.55. The van der Waals surface area contributed by atoms with Crippen LogP contribution in [0.1, 0.15) is 10.4 Å². The van der Waals surface area contributed by atoms with Gasteiger partial charge in [0.25, 0.3) is 5.91 Å². The van der Waals surface area contributed by atoms with E-state index in [0.29, 0.717) is 17.5 Å². The lowest BCUT2D eigenvalue weighted by molar-refractivity contribution is -0.118. The lowest BCUT2D eigenvalue weighted by atomic mass is 10.1. The van der Waals surface area contributed by atoms with Gasteiger partial charge in [-0.15, -0.1) is 0 Å². The van der Waals surface area contributed by atoms with Crippen LogP contribution in [0.2, 0.25) is 10.0 Å². The van der Waals surface area contributed by atoms with Crippen molar-refractivity contribution in [1.82, 2.24) is 0 Å². The van der Waals surface area contributed by atoms with Crippen LogP contribution >= 0.6 is 23.2 Å². The van der Waals surface area contributed by atoms with E-state index < -0.39 is 0 Å². The van der Waals surface area contributed by atoms with Crippen LogP contribution in [0.15, 0.2) is 54.6 Å². The van der Waals surface area contributed by atoms with Gasteiger partial charge in [-0.1, -0.05) is 59.6 Å². The predicted octanol–water partition coefficient (Wildman–Crippen LogP) is 4.98. The Hall–Kier alpha value is -2.56. The van der Waals surface area contributed by atoms with Gasteiger partial charge < -0.3 is 10.1 Å². The monoisotopic (exact) mass is 373 g/mol. The van der Waals surface area contributed by atoms with Crippen LogP contribution < -0.4 is 10.1 Å². The average Bonchev–Trinajstić information content (AvgIpc) is 2.61. The highest BCUT2D eigenvalue weighted by molar-refractivity contribution is 6.37. The average molecular weight is 374 g/mol. The Kier molecular flexibility index (Phi) is 5.22. The lowest BCUT2D eigenvalue weighted by Gasteiger charge is -2.12. The van der Waals surface area contributed by atoms with Crippen LogP contribution in [-0.4, -0.2) is 18.8 Å². The summed E-state index contributed by atoms with van der Waals surface area (Å²) in [6.45, 7) is -0.261. The van der Waals surface area contributed by atoms with Crippen molar-refractivity contribution < 1.29 is 14.3 Å². The molecule has 0 heterocycles. The first-order chi connectivity index (χ1) is 12.1. The molecular formula is C19H13Cl2NO3. The van der Waals surface area contributed by atoms with Crippen molar-refractivity contribution >= 4 is 51.9 Å². The number of rotatable bonds is 5. The number of amides is 1. The summed E-state index contributed by atoms with van der Waals surface area (Å²) < 4.78 is 5.42. The molecule has 0 spiro atoms. The maximum atomic E-state index is 12.2. The molecule has 126 valence electrons. The molecule has 0 bridgehead atoms. The molecule has 0 aliphatic heterocycles. The molecule has 3 rings (SSSR count). The fourth-order valence-corrected chi connectivity index (χ4v) is 3.06. The fourth-order valence-electron chi connectivity index (χ4n) is 2.44. The van der Waals surface area contributed by atoms with E-state index in [1.165, 1.54) is 12.1 Å². The Morgan fingerprint density at radius 3 is 2.44 bits per heavy atom. The number of benzene rings is 3. The van der Waals surface area contributed by atoms with Crippen LogP contribution in [0, 0.1) is 0 Å². The molecule has 3 aromatic rings. The zero-order valence-electron chi connectivity index (χ0n) is 13.0. The first kappa shape index (κ1) is 17.3. The maximum Gasteiger partial charge on any atom is 0.262 e. The number of carbonyl (C=O) groups excluding carboxylic acids is 2. The smallest absolute Gasteiger partial charge is 0.262 e. The minimum Gasteiger partial charge on any atom is -0.481 e. The van der Waals surface area contributed by atoms with E-state index in [4.69, 9.17) is 27.9 Å². The zero-order valence-corrected chi connectivity index (χ0v) is 14.5. The number of nitrogens with one attached hydrogen (secondary N) is 1. The molecule has 0 atom stereocenters. The number of carbonyl (C=O) groups is 2. The molecule has 0 saturated carbocycles. The third kappa shape index (κ3) is 3.92. The topological polar surface area (TPSA) is 55.4 Å². The highest BCUT2D eigenvalue weighted by atomic mass is 35.5. The molecule has 1 N–H and O–H groups in total. The summed E-state index contributed by atoms with van der Waals surface area (Å²) >= 11 is 12.1. The summed E-state index contributed by atoms with van der Waals surface area (Å²) in [7, 11) is 0. The van der Waals surface area contributed by atoms with Crippen LogP contribution in [-0.2, 0) is 4.79 Å². The Balaban J connectivity index is 1.72. The van der Waals surface area contributed by atoms with Gasteiger partial charge in [0, 0.05) is 16.6 Å². The molecule has 0 aromatic heterocycles. The van der Waals surface area contributed by atoms with Crippen LogP contribution in [0.5, 0.6) is 5.75 Å². The SMILES string of the molecule is O=Cc1cc(Cl)c(OCC(=O)Nc2cccc3ccccc23)c(Cl)c1. The predicted molar refractivity (Wildman–Crippen MR) is 99.9 cm³/mol. The number of ether oxygens (including phenoxy) is 1. The molecule has 0 fully saturated rings. The maximum absolute atomic E-state index is 12.2. The molecule has 4 nitrogen and oxygen atoms in total. The van der Waals surface area contributed by atoms with E-state index in [1.54, 1.807) is 0 Å². The highest BCUT2D eigenvalue weighted by Crippen LogP contribution is 2.33.